The van der Waals surface area contributed by atoms with Crippen molar-refractivity contribution in [1.82, 2.24) is 0 Å². The molecule has 0 saturated carbocycles. The molecule has 1 N–H and O–H groups in total. The van der Waals surface area contributed by atoms with Crippen LogP contribution in [0.2, 0.25) is 0 Å². The lowest BCUT2D eigenvalue weighted by Gasteiger charge is -2.02. The number of hydrogen-bond acceptors (Lipinski definition) is 2. The maximum Gasteiger partial charge on any atom is 0.339 e. The Labute approximate surface area is 74.0 Å². The zero-order valence-corrected chi connectivity index (χ0v) is 6.84. The van der Waals surface area contributed by atoms with Crippen LogP contribution in [0, 0.1) is 24.1 Å². The zero-order chi connectivity index (χ0) is 10.0. The first-order valence-corrected chi connectivity index (χ1v) is 3.50. The third-order valence-electron chi connectivity index (χ3n) is 1.75. The van der Waals surface area contributed by atoms with Crippen LogP contribution in [-0.4, -0.2) is 11.1 Å². The van der Waals surface area contributed by atoms with Crippen LogP contribution in [0.15, 0.2) is 12.1 Å². The Morgan fingerprint density at radius 3 is 2.69 bits per heavy atom. The van der Waals surface area contributed by atoms with E-state index in [9.17, 15) is 9.18 Å². The smallest absolute Gasteiger partial charge is 0.339 e. The van der Waals surface area contributed by atoms with Crippen molar-refractivity contribution >= 4 is 5.97 Å². The minimum atomic E-state index is -1.35. The van der Waals surface area contributed by atoms with Crippen LogP contribution in [0.1, 0.15) is 21.5 Å². The fourth-order valence-electron chi connectivity index (χ4n) is 1.06. The number of carbonyl (C=O) groups is 1. The van der Waals surface area contributed by atoms with Gasteiger partial charge in [0, 0.05) is 0 Å². The third kappa shape index (κ3) is 1.49. The average Bonchev–Trinajstić information content (AvgIpc) is 2.04. The van der Waals surface area contributed by atoms with E-state index in [2.05, 4.69) is 0 Å². The molecule has 0 atom stereocenters. The number of carboxylic acids is 1. The highest BCUT2D eigenvalue weighted by Gasteiger charge is 2.15. The second kappa shape index (κ2) is 3.23. The second-order valence-corrected chi connectivity index (χ2v) is 2.51. The van der Waals surface area contributed by atoms with Crippen molar-refractivity contribution in [3.8, 4) is 6.07 Å². The largest absolute Gasteiger partial charge is 0.478 e. The number of carboxylic acid groups (broad SMARTS) is 1. The molecule has 0 fully saturated rings. The van der Waals surface area contributed by atoms with Gasteiger partial charge < -0.3 is 5.11 Å². The van der Waals surface area contributed by atoms with E-state index in [-0.39, 0.29) is 11.1 Å². The number of nitriles is 1. The molecule has 0 aliphatic heterocycles. The lowest BCUT2D eigenvalue weighted by molar-refractivity contribution is 0.0691. The van der Waals surface area contributed by atoms with Crippen molar-refractivity contribution in [3.63, 3.8) is 0 Å². The standard InChI is InChI=1S/C9H6FNO2/c1-5-6(4-11)2-3-7(10)8(5)9(12)13/h2-3H,1H3,(H,12,13). The van der Waals surface area contributed by atoms with E-state index in [0.29, 0.717) is 0 Å². The molecule has 3 nitrogen and oxygen atoms in total. The zero-order valence-electron chi connectivity index (χ0n) is 6.84. The maximum absolute atomic E-state index is 12.9. The molecule has 0 saturated heterocycles. The molecular formula is C9H6FNO2. The summed E-state index contributed by atoms with van der Waals surface area (Å²) in [5, 5.41) is 17.2. The molecule has 66 valence electrons. The van der Waals surface area contributed by atoms with E-state index < -0.39 is 17.3 Å². The fraction of sp³-hybridized carbons (Fsp3) is 0.111. The highest BCUT2D eigenvalue weighted by atomic mass is 19.1. The van der Waals surface area contributed by atoms with E-state index in [1.165, 1.54) is 13.0 Å². The Balaban J connectivity index is 3.50. The summed E-state index contributed by atoms with van der Waals surface area (Å²) in [6.07, 6.45) is 0. The molecule has 0 amide bonds. The van der Waals surface area contributed by atoms with Gasteiger partial charge in [0.05, 0.1) is 17.2 Å². The summed E-state index contributed by atoms with van der Waals surface area (Å²) in [5.41, 5.74) is -0.0900. The van der Waals surface area contributed by atoms with Gasteiger partial charge in [-0.15, -0.1) is 0 Å². The number of hydrogen-bond donors (Lipinski definition) is 1. The fourth-order valence-corrected chi connectivity index (χ4v) is 1.06. The number of benzene rings is 1. The van der Waals surface area contributed by atoms with Crippen LogP contribution in [-0.2, 0) is 0 Å². The summed E-state index contributed by atoms with van der Waals surface area (Å²) in [7, 11) is 0. The quantitative estimate of drug-likeness (QED) is 0.713. The minimum Gasteiger partial charge on any atom is -0.478 e. The first-order chi connectivity index (χ1) is 6.07. The van der Waals surface area contributed by atoms with Crippen molar-refractivity contribution < 1.29 is 14.3 Å². The number of halogens is 1. The lowest BCUT2D eigenvalue weighted by Crippen LogP contribution is -2.05. The molecule has 0 heterocycles. The van der Waals surface area contributed by atoms with Gasteiger partial charge >= 0.3 is 5.97 Å². The van der Waals surface area contributed by atoms with Gasteiger partial charge in [-0.1, -0.05) is 0 Å². The average molecular weight is 179 g/mol. The molecule has 0 unspecified atom stereocenters. The summed E-state index contributed by atoms with van der Waals surface area (Å²) in [5.74, 6) is -2.17. The number of nitrogens with zero attached hydrogens (tertiary/aromatic N) is 1. The second-order valence-electron chi connectivity index (χ2n) is 2.51. The molecule has 4 heteroatoms. The highest BCUT2D eigenvalue weighted by molar-refractivity contribution is 5.90. The van der Waals surface area contributed by atoms with Gasteiger partial charge in [-0.05, 0) is 24.6 Å². The number of rotatable bonds is 1. The first-order valence-electron chi connectivity index (χ1n) is 3.50. The Hall–Kier alpha value is -1.89. The van der Waals surface area contributed by atoms with Gasteiger partial charge in [0.15, 0.2) is 0 Å². The molecule has 0 bridgehead atoms. The van der Waals surface area contributed by atoms with Crippen LogP contribution >= 0.6 is 0 Å². The van der Waals surface area contributed by atoms with Crippen molar-refractivity contribution in [2.24, 2.45) is 0 Å². The van der Waals surface area contributed by atoms with Crippen LogP contribution < -0.4 is 0 Å². The van der Waals surface area contributed by atoms with Gasteiger partial charge in [0.25, 0.3) is 0 Å². The van der Waals surface area contributed by atoms with Crippen molar-refractivity contribution in [2.45, 2.75) is 6.92 Å². The van der Waals surface area contributed by atoms with Crippen molar-refractivity contribution in [1.29, 1.82) is 5.26 Å². The lowest BCUT2D eigenvalue weighted by atomic mass is 10.0. The van der Waals surface area contributed by atoms with Gasteiger partial charge in [-0.25, -0.2) is 9.18 Å². The summed E-state index contributed by atoms with van der Waals surface area (Å²) in [6.45, 7) is 1.41. The summed E-state index contributed by atoms with van der Waals surface area (Å²) >= 11 is 0. The van der Waals surface area contributed by atoms with Gasteiger partial charge in [0.2, 0.25) is 0 Å². The van der Waals surface area contributed by atoms with Crippen LogP contribution in [0.4, 0.5) is 4.39 Å². The maximum atomic E-state index is 12.9. The van der Waals surface area contributed by atoms with Crippen molar-refractivity contribution in [3.05, 3.63) is 34.6 Å². The molecule has 0 aromatic heterocycles. The molecule has 13 heavy (non-hydrogen) atoms. The van der Waals surface area contributed by atoms with E-state index in [1.54, 1.807) is 6.07 Å². The van der Waals surface area contributed by atoms with E-state index >= 15 is 0 Å². The monoisotopic (exact) mass is 179 g/mol. The van der Waals surface area contributed by atoms with Gasteiger partial charge in [-0.2, -0.15) is 5.26 Å². The summed E-state index contributed by atoms with van der Waals surface area (Å²) in [6, 6.07) is 4.03. The van der Waals surface area contributed by atoms with Gasteiger partial charge in [0.1, 0.15) is 5.82 Å². The number of aromatic carboxylic acids is 1. The van der Waals surface area contributed by atoms with E-state index in [1.807, 2.05) is 0 Å². The Kier molecular flexibility index (Phi) is 2.29. The minimum absolute atomic E-state index is 0.162. The van der Waals surface area contributed by atoms with Gasteiger partial charge in [-0.3, -0.25) is 0 Å². The van der Waals surface area contributed by atoms with Crippen LogP contribution in [0.5, 0.6) is 0 Å². The molecule has 0 aliphatic carbocycles. The summed E-state index contributed by atoms with van der Waals surface area (Å²) < 4.78 is 12.9. The topological polar surface area (TPSA) is 61.1 Å². The normalized spacial score (nSPS) is 9.31. The Bertz CT molecular complexity index is 407. The third-order valence-corrected chi connectivity index (χ3v) is 1.75. The highest BCUT2D eigenvalue weighted by Crippen LogP contribution is 2.16. The Morgan fingerprint density at radius 2 is 2.23 bits per heavy atom. The van der Waals surface area contributed by atoms with Crippen LogP contribution in [0.25, 0.3) is 0 Å². The Morgan fingerprint density at radius 1 is 1.62 bits per heavy atom. The molecule has 0 radical (unpaired) electrons. The molecule has 1 rings (SSSR count). The van der Waals surface area contributed by atoms with E-state index in [4.69, 9.17) is 10.4 Å². The van der Waals surface area contributed by atoms with Crippen molar-refractivity contribution in [2.75, 3.05) is 0 Å². The molecule has 1 aromatic carbocycles. The predicted molar refractivity (Wildman–Crippen MR) is 42.8 cm³/mol. The summed E-state index contributed by atoms with van der Waals surface area (Å²) in [4.78, 5) is 10.6. The molecular weight excluding hydrogens is 173 g/mol. The first kappa shape index (κ1) is 9.20. The van der Waals surface area contributed by atoms with E-state index in [0.717, 1.165) is 6.07 Å². The molecule has 0 aliphatic rings. The van der Waals surface area contributed by atoms with Crippen LogP contribution in [0.3, 0.4) is 0 Å². The SMILES string of the molecule is Cc1c(C#N)ccc(F)c1C(=O)O. The predicted octanol–water partition coefficient (Wildman–Crippen LogP) is 1.70. The molecule has 0 spiro atoms. The molecule has 1 aromatic rings.